The van der Waals surface area contributed by atoms with Gasteiger partial charge in [0.2, 0.25) is 0 Å². The van der Waals surface area contributed by atoms with E-state index in [1.807, 2.05) is 0 Å². The fraction of sp³-hybridized carbons (Fsp3) is 0.167. The van der Waals surface area contributed by atoms with Crippen LogP contribution in [-0.4, -0.2) is 27.5 Å². The largest absolute Gasteiger partial charge is 0.477 e. The number of nitrogens with zero attached hydrogens (tertiary/aromatic N) is 2. The highest BCUT2D eigenvalue weighted by Gasteiger charge is 2.13. The van der Waals surface area contributed by atoms with E-state index in [9.17, 15) is 13.6 Å². The first-order chi connectivity index (χ1) is 8.97. The first kappa shape index (κ1) is 13.0. The number of halogens is 2. The van der Waals surface area contributed by atoms with Crippen LogP contribution in [0, 0.1) is 0 Å². The number of alkyl halides is 2. The third kappa shape index (κ3) is 2.87. The fourth-order valence-corrected chi connectivity index (χ4v) is 1.62. The van der Waals surface area contributed by atoms with Crippen molar-refractivity contribution in [2.45, 2.75) is 6.61 Å². The van der Waals surface area contributed by atoms with Crippen LogP contribution in [0.1, 0.15) is 10.5 Å². The van der Waals surface area contributed by atoms with E-state index in [1.165, 1.54) is 42.1 Å². The third-order valence-electron chi connectivity index (χ3n) is 2.47. The van der Waals surface area contributed by atoms with Gasteiger partial charge in [0.15, 0.2) is 0 Å². The highest BCUT2D eigenvalue weighted by Crippen LogP contribution is 2.22. The van der Waals surface area contributed by atoms with E-state index in [4.69, 9.17) is 5.11 Å². The van der Waals surface area contributed by atoms with Gasteiger partial charge in [-0.1, -0.05) is 0 Å². The fourth-order valence-electron chi connectivity index (χ4n) is 1.62. The van der Waals surface area contributed by atoms with Gasteiger partial charge in [-0.05, 0) is 30.3 Å². The minimum absolute atomic E-state index is 0.0353. The Balaban J connectivity index is 2.27. The van der Waals surface area contributed by atoms with Crippen molar-refractivity contribution in [3.05, 3.63) is 36.0 Å². The van der Waals surface area contributed by atoms with Crippen LogP contribution in [0.3, 0.4) is 0 Å². The van der Waals surface area contributed by atoms with E-state index in [2.05, 4.69) is 9.84 Å². The van der Waals surface area contributed by atoms with Crippen LogP contribution in [0.5, 0.6) is 5.75 Å². The molecule has 0 spiro atoms. The molecular weight excluding hydrogens is 258 g/mol. The minimum Gasteiger partial charge on any atom is -0.477 e. The number of carbonyl (C=O) groups is 1. The molecule has 19 heavy (non-hydrogen) atoms. The number of aromatic nitrogens is 2. The first-order valence-electron chi connectivity index (χ1n) is 5.30. The lowest BCUT2D eigenvalue weighted by atomic mass is 10.1. The summed E-state index contributed by atoms with van der Waals surface area (Å²) in [6.07, 6.45) is 0. The van der Waals surface area contributed by atoms with Gasteiger partial charge in [-0.15, -0.1) is 0 Å². The molecule has 0 bridgehead atoms. The number of hydrogen-bond acceptors (Lipinski definition) is 3. The average Bonchev–Trinajstić information content (AvgIpc) is 2.71. The van der Waals surface area contributed by atoms with Crippen LogP contribution in [0.2, 0.25) is 0 Å². The highest BCUT2D eigenvalue weighted by atomic mass is 19.3. The molecule has 0 aliphatic rings. The Morgan fingerprint density at radius 3 is 2.47 bits per heavy atom. The minimum atomic E-state index is -2.88. The maximum atomic E-state index is 12.0. The van der Waals surface area contributed by atoms with Gasteiger partial charge in [-0.25, -0.2) is 4.79 Å². The van der Waals surface area contributed by atoms with Crippen molar-refractivity contribution in [2.75, 3.05) is 0 Å². The molecule has 5 nitrogen and oxygen atoms in total. The summed E-state index contributed by atoms with van der Waals surface area (Å²) in [6.45, 7) is -2.88. The molecule has 0 atom stereocenters. The van der Waals surface area contributed by atoms with Crippen molar-refractivity contribution in [3.63, 3.8) is 0 Å². The zero-order valence-electron chi connectivity index (χ0n) is 9.88. The van der Waals surface area contributed by atoms with Crippen LogP contribution in [-0.2, 0) is 7.05 Å². The Hall–Kier alpha value is -2.44. The number of aryl methyl sites for hydroxylation is 1. The molecule has 7 heteroatoms. The molecule has 2 aromatic rings. The molecule has 1 N–H and O–H groups in total. The Kier molecular flexibility index (Phi) is 3.46. The molecule has 1 aromatic carbocycles. The predicted molar refractivity (Wildman–Crippen MR) is 62.2 cm³/mol. The quantitative estimate of drug-likeness (QED) is 0.924. The van der Waals surface area contributed by atoms with Crippen molar-refractivity contribution >= 4 is 5.97 Å². The number of rotatable bonds is 4. The summed E-state index contributed by atoms with van der Waals surface area (Å²) in [6, 6.07) is 7.22. The number of benzene rings is 1. The number of aromatic carboxylic acids is 1. The number of carboxylic acid groups (broad SMARTS) is 1. The summed E-state index contributed by atoms with van der Waals surface area (Å²) in [5.41, 5.74) is 1.11. The van der Waals surface area contributed by atoms with E-state index in [0.717, 1.165) is 0 Å². The second-order valence-corrected chi connectivity index (χ2v) is 3.75. The van der Waals surface area contributed by atoms with E-state index in [0.29, 0.717) is 11.3 Å². The van der Waals surface area contributed by atoms with Crippen molar-refractivity contribution in [1.82, 2.24) is 9.78 Å². The maximum Gasteiger partial charge on any atom is 0.387 e. The number of carboxylic acids is 1. The SMILES string of the molecule is Cn1nc(-c2ccc(OC(F)F)cc2)cc1C(=O)O. The molecule has 0 saturated heterocycles. The molecule has 0 amide bonds. The lowest BCUT2D eigenvalue weighted by Gasteiger charge is -2.04. The van der Waals surface area contributed by atoms with Gasteiger partial charge >= 0.3 is 12.6 Å². The lowest BCUT2D eigenvalue weighted by molar-refractivity contribution is -0.0498. The molecule has 100 valence electrons. The second kappa shape index (κ2) is 5.05. The van der Waals surface area contributed by atoms with Crippen molar-refractivity contribution in [3.8, 4) is 17.0 Å². The molecule has 0 fully saturated rings. The molecular formula is C12H10F2N2O3. The van der Waals surface area contributed by atoms with E-state index in [-0.39, 0.29) is 11.4 Å². The topological polar surface area (TPSA) is 64.4 Å². The number of hydrogen-bond donors (Lipinski definition) is 1. The smallest absolute Gasteiger partial charge is 0.387 e. The second-order valence-electron chi connectivity index (χ2n) is 3.75. The van der Waals surface area contributed by atoms with Gasteiger partial charge in [0.25, 0.3) is 0 Å². The standard InChI is InChI=1S/C12H10F2N2O3/c1-16-10(11(17)18)6-9(15-16)7-2-4-8(5-3-7)19-12(13)14/h2-6,12H,1H3,(H,17,18). The number of ether oxygens (including phenoxy) is 1. The zero-order chi connectivity index (χ0) is 14.0. The first-order valence-corrected chi connectivity index (χ1v) is 5.30. The Morgan fingerprint density at radius 2 is 2.00 bits per heavy atom. The molecule has 0 saturated carbocycles. The highest BCUT2D eigenvalue weighted by molar-refractivity contribution is 5.87. The van der Waals surface area contributed by atoms with Crippen LogP contribution < -0.4 is 4.74 Å². The van der Waals surface area contributed by atoms with Crippen LogP contribution in [0.4, 0.5) is 8.78 Å². The maximum absolute atomic E-state index is 12.0. The van der Waals surface area contributed by atoms with Gasteiger partial charge in [0, 0.05) is 12.6 Å². The molecule has 0 aliphatic carbocycles. The predicted octanol–water partition coefficient (Wildman–Crippen LogP) is 2.39. The molecule has 1 aromatic heterocycles. The Bertz CT molecular complexity index is 594. The van der Waals surface area contributed by atoms with Crippen molar-refractivity contribution in [2.24, 2.45) is 7.05 Å². The lowest BCUT2D eigenvalue weighted by Crippen LogP contribution is -2.04. The Labute approximate surface area is 107 Å². The zero-order valence-corrected chi connectivity index (χ0v) is 9.88. The monoisotopic (exact) mass is 268 g/mol. The summed E-state index contributed by atoms with van der Waals surface area (Å²) < 4.78 is 29.4. The molecule has 0 unspecified atom stereocenters. The van der Waals surface area contributed by atoms with Crippen molar-refractivity contribution < 1.29 is 23.4 Å². The molecule has 2 rings (SSSR count). The van der Waals surface area contributed by atoms with Gasteiger partial charge in [0.05, 0.1) is 5.69 Å². The van der Waals surface area contributed by atoms with Crippen molar-refractivity contribution in [1.29, 1.82) is 0 Å². The van der Waals surface area contributed by atoms with Gasteiger partial charge in [-0.2, -0.15) is 13.9 Å². The van der Waals surface area contributed by atoms with Gasteiger partial charge in [-0.3, -0.25) is 4.68 Å². The summed E-state index contributed by atoms with van der Waals surface area (Å²) in [5.74, 6) is -1.05. The van der Waals surface area contributed by atoms with Gasteiger partial charge in [0.1, 0.15) is 11.4 Å². The molecule has 0 radical (unpaired) electrons. The van der Waals surface area contributed by atoms with E-state index < -0.39 is 12.6 Å². The van der Waals surface area contributed by atoms with Crippen LogP contribution >= 0.6 is 0 Å². The van der Waals surface area contributed by atoms with E-state index >= 15 is 0 Å². The van der Waals surface area contributed by atoms with E-state index in [1.54, 1.807) is 0 Å². The normalized spacial score (nSPS) is 10.7. The van der Waals surface area contributed by atoms with Crippen LogP contribution in [0.25, 0.3) is 11.3 Å². The molecule has 0 aliphatic heterocycles. The van der Waals surface area contributed by atoms with Crippen LogP contribution in [0.15, 0.2) is 30.3 Å². The summed E-state index contributed by atoms with van der Waals surface area (Å²) in [7, 11) is 1.52. The third-order valence-corrected chi connectivity index (χ3v) is 2.47. The Morgan fingerprint density at radius 1 is 1.37 bits per heavy atom. The summed E-state index contributed by atoms with van der Waals surface area (Å²) in [4.78, 5) is 10.9. The van der Waals surface area contributed by atoms with Gasteiger partial charge < -0.3 is 9.84 Å². The molecule has 1 heterocycles. The summed E-state index contributed by atoms with van der Waals surface area (Å²) >= 11 is 0. The average molecular weight is 268 g/mol. The summed E-state index contributed by atoms with van der Waals surface area (Å²) in [5, 5.41) is 12.9.